The van der Waals surface area contributed by atoms with Crippen LogP contribution in [-0.4, -0.2) is 29.6 Å². The minimum Gasteiger partial charge on any atom is -0.451 e. The fourth-order valence-corrected chi connectivity index (χ4v) is 3.12. The molecule has 0 aliphatic rings. The lowest BCUT2D eigenvalue weighted by molar-refractivity contribution is -0.143. The van der Waals surface area contributed by atoms with E-state index in [2.05, 4.69) is 11.5 Å². The number of esters is 1. The molecule has 7 nitrogen and oxygen atoms in total. The summed E-state index contributed by atoms with van der Waals surface area (Å²) in [5, 5.41) is 18.4. The van der Waals surface area contributed by atoms with Gasteiger partial charge in [0.15, 0.2) is 6.61 Å². The van der Waals surface area contributed by atoms with Crippen molar-refractivity contribution in [2.24, 2.45) is 0 Å². The van der Waals surface area contributed by atoms with Crippen LogP contribution in [0.1, 0.15) is 30.3 Å². The Morgan fingerprint density at radius 3 is 2.50 bits per heavy atom. The largest absolute Gasteiger partial charge is 0.451 e. The molecule has 2 rings (SSSR count). The van der Waals surface area contributed by atoms with Crippen molar-refractivity contribution in [2.75, 3.05) is 18.1 Å². The molecule has 0 saturated heterocycles. The van der Waals surface area contributed by atoms with E-state index in [-0.39, 0.29) is 12.1 Å². The second-order valence-corrected chi connectivity index (χ2v) is 6.70. The Balaban J connectivity index is 2.13. The van der Waals surface area contributed by atoms with Crippen LogP contribution in [-0.2, 0) is 20.9 Å². The summed E-state index contributed by atoms with van der Waals surface area (Å²) in [4.78, 5) is 26.1. The van der Waals surface area contributed by atoms with E-state index in [1.807, 2.05) is 32.1 Å². The number of hydrogen-bond acceptors (Lipinski definition) is 5. The maximum absolute atomic E-state index is 12.5. The molecule has 30 heavy (non-hydrogen) atoms. The number of amides is 1. The molecule has 0 atom stereocenters. The van der Waals surface area contributed by atoms with Gasteiger partial charge in [-0.15, -0.1) is 0 Å². The van der Waals surface area contributed by atoms with Gasteiger partial charge in [0.25, 0.3) is 5.91 Å². The van der Waals surface area contributed by atoms with Crippen LogP contribution in [0.3, 0.4) is 0 Å². The highest BCUT2D eigenvalue weighted by Crippen LogP contribution is 2.19. The summed E-state index contributed by atoms with van der Waals surface area (Å²) in [6.07, 6.45) is 2.45. The molecule has 0 bridgehead atoms. The SMILES string of the molecule is CCCn1c(C)cc(/C=C(\C#N)C(=O)OCC(=O)N(CC#N)c2ccccc2)c1C. The van der Waals surface area contributed by atoms with Gasteiger partial charge in [-0.05, 0) is 50.1 Å². The van der Waals surface area contributed by atoms with E-state index < -0.39 is 18.5 Å². The summed E-state index contributed by atoms with van der Waals surface area (Å²) < 4.78 is 7.19. The molecule has 0 N–H and O–H groups in total. The van der Waals surface area contributed by atoms with Gasteiger partial charge in [-0.2, -0.15) is 10.5 Å². The van der Waals surface area contributed by atoms with Gasteiger partial charge in [0.1, 0.15) is 18.2 Å². The van der Waals surface area contributed by atoms with Crippen LogP contribution in [0.25, 0.3) is 6.08 Å². The summed E-state index contributed by atoms with van der Waals surface area (Å²) in [5.74, 6) is -1.43. The summed E-state index contributed by atoms with van der Waals surface area (Å²) in [7, 11) is 0. The lowest BCUT2D eigenvalue weighted by Crippen LogP contribution is -2.35. The van der Waals surface area contributed by atoms with E-state index in [9.17, 15) is 14.9 Å². The van der Waals surface area contributed by atoms with Gasteiger partial charge in [0.05, 0.1) is 6.07 Å². The molecule has 0 radical (unpaired) electrons. The number of carbonyl (C=O) groups is 2. The van der Waals surface area contributed by atoms with Crippen LogP contribution < -0.4 is 4.90 Å². The number of aryl methyl sites for hydroxylation is 1. The van der Waals surface area contributed by atoms with Gasteiger partial charge in [-0.25, -0.2) is 4.79 Å². The third-order valence-electron chi connectivity index (χ3n) is 4.62. The van der Waals surface area contributed by atoms with Gasteiger partial charge < -0.3 is 9.30 Å². The molecule has 154 valence electrons. The van der Waals surface area contributed by atoms with Crippen LogP contribution >= 0.6 is 0 Å². The zero-order valence-corrected chi connectivity index (χ0v) is 17.4. The predicted octanol–water partition coefficient (Wildman–Crippen LogP) is 3.52. The Bertz CT molecular complexity index is 1020. The molecule has 1 aromatic heterocycles. The van der Waals surface area contributed by atoms with Crippen LogP contribution in [0.4, 0.5) is 5.69 Å². The average molecular weight is 404 g/mol. The first-order valence-electron chi connectivity index (χ1n) is 9.60. The summed E-state index contributed by atoms with van der Waals surface area (Å²) in [6.45, 7) is 6.08. The maximum Gasteiger partial charge on any atom is 0.349 e. The van der Waals surface area contributed by atoms with Crippen molar-refractivity contribution in [1.29, 1.82) is 10.5 Å². The highest BCUT2D eigenvalue weighted by molar-refractivity contribution is 6.01. The van der Waals surface area contributed by atoms with Crippen LogP contribution in [0.2, 0.25) is 0 Å². The molecule has 0 unspecified atom stereocenters. The first-order valence-corrected chi connectivity index (χ1v) is 9.60. The number of para-hydroxylation sites is 1. The first kappa shape index (κ1) is 22.4. The summed E-state index contributed by atoms with van der Waals surface area (Å²) in [6, 6.07) is 14.3. The fraction of sp³-hybridized carbons (Fsp3) is 0.304. The van der Waals surface area contributed by atoms with Crippen LogP contribution in [0.5, 0.6) is 0 Å². The molecular formula is C23H24N4O3. The lowest BCUT2D eigenvalue weighted by Gasteiger charge is -2.19. The van der Waals surface area contributed by atoms with Crippen molar-refractivity contribution in [3.8, 4) is 12.1 Å². The smallest absolute Gasteiger partial charge is 0.349 e. The van der Waals surface area contributed by atoms with Crippen molar-refractivity contribution in [3.05, 3.63) is 58.9 Å². The van der Waals surface area contributed by atoms with Crippen molar-refractivity contribution in [2.45, 2.75) is 33.7 Å². The monoisotopic (exact) mass is 404 g/mol. The van der Waals surface area contributed by atoms with E-state index in [4.69, 9.17) is 10.00 Å². The highest BCUT2D eigenvalue weighted by Gasteiger charge is 2.19. The van der Waals surface area contributed by atoms with E-state index in [1.165, 1.54) is 11.0 Å². The average Bonchev–Trinajstić information content (AvgIpc) is 3.02. The Morgan fingerprint density at radius 1 is 1.20 bits per heavy atom. The van der Waals surface area contributed by atoms with Gasteiger partial charge >= 0.3 is 5.97 Å². The Hall–Kier alpha value is -3.84. The third kappa shape index (κ3) is 5.36. The molecule has 0 fully saturated rings. The number of hydrogen-bond donors (Lipinski definition) is 0. The van der Waals surface area contributed by atoms with E-state index >= 15 is 0 Å². The van der Waals surface area contributed by atoms with Gasteiger partial charge in [-0.1, -0.05) is 25.1 Å². The van der Waals surface area contributed by atoms with Gasteiger partial charge in [0, 0.05) is 23.6 Å². The number of carbonyl (C=O) groups excluding carboxylic acids is 2. The summed E-state index contributed by atoms with van der Waals surface area (Å²) in [5.41, 5.74) is 3.09. The Labute approximate surface area is 176 Å². The van der Waals surface area contributed by atoms with Gasteiger partial charge in [0.2, 0.25) is 0 Å². The Morgan fingerprint density at radius 2 is 1.90 bits per heavy atom. The molecule has 0 saturated carbocycles. The molecule has 0 spiro atoms. The minimum absolute atomic E-state index is 0.176. The van der Waals surface area contributed by atoms with E-state index in [0.717, 1.165) is 29.9 Å². The number of aromatic nitrogens is 1. The minimum atomic E-state index is -0.879. The van der Waals surface area contributed by atoms with Crippen molar-refractivity contribution >= 4 is 23.6 Å². The lowest BCUT2D eigenvalue weighted by atomic mass is 10.1. The molecule has 1 aromatic carbocycles. The Kier molecular flexibility index (Phi) is 7.96. The molecule has 7 heteroatoms. The number of benzene rings is 1. The van der Waals surface area contributed by atoms with Crippen LogP contribution in [0, 0.1) is 36.5 Å². The van der Waals surface area contributed by atoms with E-state index in [0.29, 0.717) is 5.69 Å². The second kappa shape index (κ2) is 10.6. The maximum atomic E-state index is 12.5. The normalized spacial score (nSPS) is 10.8. The number of nitriles is 2. The first-order chi connectivity index (χ1) is 14.4. The summed E-state index contributed by atoms with van der Waals surface area (Å²) >= 11 is 0. The number of rotatable bonds is 8. The fourth-order valence-electron chi connectivity index (χ4n) is 3.12. The zero-order chi connectivity index (χ0) is 22.1. The number of nitrogens with zero attached hydrogens (tertiary/aromatic N) is 4. The van der Waals surface area contributed by atoms with Gasteiger partial charge in [-0.3, -0.25) is 9.69 Å². The molecule has 1 heterocycles. The molecule has 0 aliphatic carbocycles. The zero-order valence-electron chi connectivity index (χ0n) is 17.4. The standard InChI is InChI=1S/C23H24N4O3/c1-4-11-26-17(2)13-19(18(26)3)14-20(15-25)23(29)30-16-22(28)27(12-10-24)21-8-6-5-7-9-21/h5-9,13-14H,4,11-12,16H2,1-3H3/b20-14+. The third-order valence-corrected chi connectivity index (χ3v) is 4.62. The number of anilines is 1. The molecule has 1 amide bonds. The molecule has 0 aliphatic heterocycles. The van der Waals surface area contributed by atoms with E-state index in [1.54, 1.807) is 30.3 Å². The van der Waals surface area contributed by atoms with Crippen molar-refractivity contribution < 1.29 is 14.3 Å². The quantitative estimate of drug-likeness (QED) is 0.290. The molecular weight excluding hydrogens is 380 g/mol. The van der Waals surface area contributed by atoms with Crippen LogP contribution in [0.15, 0.2) is 42.0 Å². The number of ether oxygens (including phenoxy) is 1. The predicted molar refractivity (Wildman–Crippen MR) is 113 cm³/mol. The van der Waals surface area contributed by atoms with Crippen molar-refractivity contribution in [1.82, 2.24) is 4.57 Å². The van der Waals surface area contributed by atoms with Crippen molar-refractivity contribution in [3.63, 3.8) is 0 Å². The highest BCUT2D eigenvalue weighted by atomic mass is 16.5. The second-order valence-electron chi connectivity index (χ2n) is 6.70. The topological polar surface area (TPSA) is 99.1 Å². The molecule has 2 aromatic rings.